The Kier molecular flexibility index (Phi) is 2.53. The lowest BCUT2D eigenvalue weighted by Crippen LogP contribution is -2.03. The quantitative estimate of drug-likeness (QED) is 0.752. The van der Waals surface area contributed by atoms with Gasteiger partial charge in [0, 0.05) is 11.5 Å². The van der Waals surface area contributed by atoms with Gasteiger partial charge >= 0.3 is 5.97 Å². The lowest BCUT2D eigenvalue weighted by atomic mass is 10.2. The second-order valence-corrected chi connectivity index (χ2v) is 2.38. The highest BCUT2D eigenvalue weighted by Gasteiger charge is 2.08. The lowest BCUT2D eigenvalue weighted by Gasteiger charge is -1.97. The lowest BCUT2D eigenvalue weighted by molar-refractivity contribution is 0.0695. The number of nitrogens with zero attached hydrogens (tertiary/aromatic N) is 2. The molecule has 1 N–H and O–H groups in total. The average molecular weight is 217 g/mol. The molecule has 1 rings (SSSR count). The number of aromatic nitrogens is 2. The summed E-state index contributed by atoms with van der Waals surface area (Å²) in [5.74, 6) is -1.000. The van der Waals surface area contributed by atoms with Crippen LogP contribution in [-0.2, 0) is 5.33 Å². The second-order valence-electron chi connectivity index (χ2n) is 1.82. The number of hydrogen-bond donors (Lipinski definition) is 1. The van der Waals surface area contributed by atoms with Gasteiger partial charge in [0.2, 0.25) is 0 Å². The molecule has 1 heterocycles. The molecule has 0 saturated carbocycles. The third kappa shape index (κ3) is 1.74. The molecule has 0 atom stereocenters. The van der Waals surface area contributed by atoms with Gasteiger partial charge in [-0.15, -0.1) is 0 Å². The van der Waals surface area contributed by atoms with Crippen molar-refractivity contribution in [3.8, 4) is 0 Å². The van der Waals surface area contributed by atoms with E-state index in [2.05, 4.69) is 25.9 Å². The van der Waals surface area contributed by atoms with Crippen LogP contribution in [0, 0.1) is 0 Å². The van der Waals surface area contributed by atoms with E-state index >= 15 is 0 Å². The van der Waals surface area contributed by atoms with Crippen LogP contribution in [0.4, 0.5) is 0 Å². The molecule has 0 aliphatic rings. The molecule has 0 saturated heterocycles. The van der Waals surface area contributed by atoms with Gasteiger partial charge < -0.3 is 5.11 Å². The molecule has 1 aromatic rings. The first-order chi connectivity index (χ1) is 5.25. The molecule has 0 unspecified atom stereocenters. The van der Waals surface area contributed by atoms with E-state index in [0.717, 1.165) is 0 Å². The van der Waals surface area contributed by atoms with Gasteiger partial charge in [-0.1, -0.05) is 15.9 Å². The van der Waals surface area contributed by atoms with Crippen LogP contribution in [0.3, 0.4) is 0 Å². The predicted molar refractivity (Wildman–Crippen MR) is 41.6 cm³/mol. The summed E-state index contributed by atoms with van der Waals surface area (Å²) < 4.78 is 0. The maximum atomic E-state index is 10.5. The summed E-state index contributed by atoms with van der Waals surface area (Å²) in [7, 11) is 0. The highest BCUT2D eigenvalue weighted by Crippen LogP contribution is 2.06. The average Bonchev–Trinajstić information content (AvgIpc) is 2.04. The van der Waals surface area contributed by atoms with Gasteiger partial charge in [-0.25, -0.2) is 14.8 Å². The Morgan fingerprint density at radius 1 is 1.73 bits per heavy atom. The molecule has 0 radical (unpaired) electrons. The number of alkyl halides is 1. The van der Waals surface area contributed by atoms with Crippen LogP contribution in [0.5, 0.6) is 0 Å². The van der Waals surface area contributed by atoms with Crippen LogP contribution < -0.4 is 0 Å². The van der Waals surface area contributed by atoms with Crippen LogP contribution in [0.2, 0.25) is 0 Å². The van der Waals surface area contributed by atoms with Crippen LogP contribution in [-0.4, -0.2) is 21.0 Å². The summed E-state index contributed by atoms with van der Waals surface area (Å²) in [6.45, 7) is 0. The van der Waals surface area contributed by atoms with Crippen molar-refractivity contribution in [2.24, 2.45) is 0 Å². The molecule has 0 spiro atoms. The first-order valence-corrected chi connectivity index (χ1v) is 3.96. The standard InChI is InChI=1S/C6H5BrN2O2/c7-1-5-4(6(10)11)2-8-3-9-5/h2-3H,1H2,(H,10,11). The molecule has 1 aromatic heterocycles. The van der Waals surface area contributed by atoms with Crippen molar-refractivity contribution < 1.29 is 9.90 Å². The Hall–Kier alpha value is -0.970. The van der Waals surface area contributed by atoms with Crippen LogP contribution >= 0.6 is 15.9 Å². The van der Waals surface area contributed by atoms with Crippen molar-refractivity contribution in [3.05, 3.63) is 23.8 Å². The molecule has 0 aromatic carbocycles. The first kappa shape index (κ1) is 8.13. The number of rotatable bonds is 2. The third-order valence-electron chi connectivity index (χ3n) is 1.15. The first-order valence-electron chi connectivity index (χ1n) is 2.84. The summed E-state index contributed by atoms with van der Waals surface area (Å²) >= 11 is 3.12. The zero-order chi connectivity index (χ0) is 8.27. The minimum absolute atomic E-state index is 0.143. The van der Waals surface area contributed by atoms with Crippen molar-refractivity contribution in [1.82, 2.24) is 9.97 Å². The molecule has 5 heteroatoms. The van der Waals surface area contributed by atoms with Crippen LogP contribution in [0.15, 0.2) is 12.5 Å². The number of carboxylic acid groups (broad SMARTS) is 1. The summed E-state index contributed by atoms with van der Waals surface area (Å²) in [5.41, 5.74) is 0.636. The Balaban J connectivity index is 3.12. The molecule has 0 fully saturated rings. The van der Waals surface area contributed by atoms with Crippen LogP contribution in [0.25, 0.3) is 0 Å². The smallest absolute Gasteiger partial charge is 0.339 e. The number of carboxylic acids is 1. The topological polar surface area (TPSA) is 63.1 Å². The van der Waals surface area contributed by atoms with Crippen molar-refractivity contribution in [2.75, 3.05) is 0 Å². The molecule has 0 amide bonds. The molecule has 58 valence electrons. The van der Waals surface area contributed by atoms with Gasteiger partial charge in [0.05, 0.1) is 5.69 Å². The normalized spacial score (nSPS) is 9.55. The maximum absolute atomic E-state index is 10.5. The molecule has 4 nitrogen and oxygen atoms in total. The fourth-order valence-electron chi connectivity index (χ4n) is 0.640. The monoisotopic (exact) mass is 216 g/mol. The van der Waals surface area contributed by atoms with Gasteiger partial charge in [-0.05, 0) is 0 Å². The summed E-state index contributed by atoms with van der Waals surface area (Å²) in [4.78, 5) is 17.9. The van der Waals surface area contributed by atoms with E-state index in [4.69, 9.17) is 5.11 Å². The van der Waals surface area contributed by atoms with Gasteiger partial charge in [0.25, 0.3) is 0 Å². The molecular formula is C6H5BrN2O2. The highest BCUT2D eigenvalue weighted by atomic mass is 79.9. The van der Waals surface area contributed by atoms with Crippen LogP contribution in [0.1, 0.15) is 16.1 Å². The fraction of sp³-hybridized carbons (Fsp3) is 0.167. The SMILES string of the molecule is O=C(O)c1cncnc1CBr. The second kappa shape index (κ2) is 3.43. The minimum Gasteiger partial charge on any atom is -0.478 e. The van der Waals surface area contributed by atoms with Crippen molar-refractivity contribution in [3.63, 3.8) is 0 Å². The molecular weight excluding hydrogens is 212 g/mol. The summed E-state index contributed by atoms with van der Waals surface area (Å²) in [6.07, 6.45) is 2.61. The number of aromatic carboxylic acids is 1. The Labute approximate surface area is 71.4 Å². The Morgan fingerprint density at radius 3 is 2.91 bits per heavy atom. The van der Waals surface area contributed by atoms with Crippen molar-refractivity contribution >= 4 is 21.9 Å². The number of halogens is 1. The van der Waals surface area contributed by atoms with E-state index in [1.54, 1.807) is 0 Å². The molecule has 0 aliphatic heterocycles. The molecule has 11 heavy (non-hydrogen) atoms. The van der Waals surface area contributed by atoms with Gasteiger partial charge in [-0.3, -0.25) is 0 Å². The van der Waals surface area contributed by atoms with E-state index in [9.17, 15) is 4.79 Å². The fourth-order valence-corrected chi connectivity index (χ4v) is 1.09. The van der Waals surface area contributed by atoms with E-state index in [0.29, 0.717) is 11.0 Å². The van der Waals surface area contributed by atoms with Crippen molar-refractivity contribution in [2.45, 2.75) is 5.33 Å². The molecule has 0 bridgehead atoms. The van der Waals surface area contributed by atoms with Crippen molar-refractivity contribution in [1.29, 1.82) is 0 Å². The Bertz CT molecular complexity index is 277. The van der Waals surface area contributed by atoms with Gasteiger partial charge in [0.15, 0.2) is 0 Å². The van der Waals surface area contributed by atoms with E-state index in [1.165, 1.54) is 12.5 Å². The minimum atomic E-state index is -1.000. The number of hydrogen-bond acceptors (Lipinski definition) is 3. The predicted octanol–water partition coefficient (Wildman–Crippen LogP) is 1.07. The summed E-state index contributed by atoms with van der Waals surface area (Å²) in [6, 6.07) is 0. The summed E-state index contributed by atoms with van der Waals surface area (Å²) in [5, 5.41) is 9.02. The van der Waals surface area contributed by atoms with E-state index < -0.39 is 5.97 Å². The van der Waals surface area contributed by atoms with E-state index in [-0.39, 0.29) is 5.56 Å². The maximum Gasteiger partial charge on any atom is 0.339 e. The van der Waals surface area contributed by atoms with Gasteiger partial charge in [-0.2, -0.15) is 0 Å². The molecule has 0 aliphatic carbocycles. The van der Waals surface area contributed by atoms with Gasteiger partial charge in [0.1, 0.15) is 11.9 Å². The largest absolute Gasteiger partial charge is 0.478 e. The zero-order valence-corrected chi connectivity index (χ0v) is 7.08. The number of carbonyl (C=O) groups is 1. The third-order valence-corrected chi connectivity index (χ3v) is 1.68. The zero-order valence-electron chi connectivity index (χ0n) is 5.49. The Morgan fingerprint density at radius 2 is 2.45 bits per heavy atom. The highest BCUT2D eigenvalue weighted by molar-refractivity contribution is 9.08. The van der Waals surface area contributed by atoms with E-state index in [1.807, 2.05) is 0 Å².